The van der Waals surface area contributed by atoms with Crippen molar-refractivity contribution in [1.29, 1.82) is 0 Å². The molecular weight excluding hydrogens is 316 g/mol. The summed E-state index contributed by atoms with van der Waals surface area (Å²) in [4.78, 5) is 20.2. The highest BCUT2D eigenvalue weighted by molar-refractivity contribution is 5.75. The first-order chi connectivity index (χ1) is 12.3. The first-order valence-corrected chi connectivity index (χ1v) is 8.35. The first-order valence-electron chi connectivity index (χ1n) is 8.35. The second-order valence-electron chi connectivity index (χ2n) is 5.70. The molecule has 128 valence electrons. The van der Waals surface area contributed by atoms with Crippen LogP contribution in [0.5, 0.6) is 0 Å². The number of carbonyl (C=O) groups excluding carboxylic acids is 1. The van der Waals surface area contributed by atoms with E-state index in [0.717, 1.165) is 18.4 Å². The summed E-state index contributed by atoms with van der Waals surface area (Å²) in [6.07, 6.45) is 6.16. The van der Waals surface area contributed by atoms with E-state index in [2.05, 4.69) is 32.6 Å². The zero-order valence-corrected chi connectivity index (χ0v) is 13.9. The molecular formula is C19H20N4O2. The topological polar surface area (TPSA) is 80.9 Å². The molecule has 25 heavy (non-hydrogen) atoms. The fraction of sp³-hybridized carbons (Fsp3) is 0.263. The fourth-order valence-corrected chi connectivity index (χ4v) is 2.46. The third-order valence-corrected chi connectivity index (χ3v) is 3.76. The van der Waals surface area contributed by atoms with Gasteiger partial charge in [0.25, 0.3) is 5.89 Å². The third-order valence-electron chi connectivity index (χ3n) is 3.76. The second-order valence-corrected chi connectivity index (χ2v) is 5.70. The van der Waals surface area contributed by atoms with Gasteiger partial charge in [-0.2, -0.15) is 4.98 Å². The molecule has 0 aliphatic heterocycles. The predicted molar refractivity (Wildman–Crippen MR) is 93.6 cm³/mol. The molecule has 3 rings (SSSR count). The molecule has 1 amide bonds. The average molecular weight is 336 g/mol. The van der Waals surface area contributed by atoms with Crippen LogP contribution >= 0.6 is 0 Å². The van der Waals surface area contributed by atoms with E-state index in [4.69, 9.17) is 4.52 Å². The van der Waals surface area contributed by atoms with E-state index >= 15 is 0 Å². The van der Waals surface area contributed by atoms with Crippen molar-refractivity contribution in [2.24, 2.45) is 0 Å². The molecule has 0 saturated carbocycles. The van der Waals surface area contributed by atoms with Crippen LogP contribution in [0.25, 0.3) is 11.5 Å². The van der Waals surface area contributed by atoms with Crippen LogP contribution in [0, 0.1) is 0 Å². The van der Waals surface area contributed by atoms with Gasteiger partial charge in [-0.25, -0.2) is 0 Å². The average Bonchev–Trinajstić information content (AvgIpc) is 3.12. The Morgan fingerprint density at radius 3 is 2.76 bits per heavy atom. The van der Waals surface area contributed by atoms with Crippen molar-refractivity contribution in [3.05, 3.63) is 66.2 Å². The zero-order valence-electron chi connectivity index (χ0n) is 13.9. The Bertz CT molecular complexity index is 787. The van der Waals surface area contributed by atoms with Crippen molar-refractivity contribution in [1.82, 2.24) is 20.4 Å². The molecule has 0 fully saturated rings. The summed E-state index contributed by atoms with van der Waals surface area (Å²) in [6.45, 7) is 0.496. The molecule has 0 spiro atoms. The molecule has 0 bridgehead atoms. The van der Waals surface area contributed by atoms with E-state index in [1.165, 1.54) is 5.56 Å². The number of aryl methyl sites for hydroxylation is 1. The molecule has 2 heterocycles. The first kappa shape index (κ1) is 16.8. The smallest absolute Gasteiger partial charge is 0.259 e. The third kappa shape index (κ3) is 5.24. The second kappa shape index (κ2) is 8.73. The van der Waals surface area contributed by atoms with Crippen LogP contribution in [-0.4, -0.2) is 27.6 Å². The fourth-order valence-electron chi connectivity index (χ4n) is 2.46. The molecule has 6 heteroatoms. The Balaban J connectivity index is 1.36. The van der Waals surface area contributed by atoms with Gasteiger partial charge in [0.05, 0.1) is 5.56 Å². The van der Waals surface area contributed by atoms with Gasteiger partial charge in [0.1, 0.15) is 0 Å². The zero-order chi connectivity index (χ0) is 17.3. The van der Waals surface area contributed by atoms with E-state index in [1.807, 2.05) is 30.3 Å². The number of carbonyl (C=O) groups is 1. The Morgan fingerprint density at radius 2 is 1.96 bits per heavy atom. The van der Waals surface area contributed by atoms with E-state index in [-0.39, 0.29) is 5.91 Å². The number of amides is 1. The van der Waals surface area contributed by atoms with Gasteiger partial charge in [0, 0.05) is 31.8 Å². The Kier molecular flexibility index (Phi) is 5.87. The van der Waals surface area contributed by atoms with E-state index in [9.17, 15) is 4.79 Å². The van der Waals surface area contributed by atoms with Crippen molar-refractivity contribution in [3.8, 4) is 11.5 Å². The van der Waals surface area contributed by atoms with Crippen LogP contribution in [0.4, 0.5) is 0 Å². The molecule has 0 atom stereocenters. The molecule has 0 aliphatic rings. The molecule has 1 N–H and O–H groups in total. The Labute approximate surface area is 146 Å². The minimum Gasteiger partial charge on any atom is -0.356 e. The summed E-state index contributed by atoms with van der Waals surface area (Å²) in [5.74, 6) is 1.06. The Morgan fingerprint density at radius 1 is 1.08 bits per heavy atom. The van der Waals surface area contributed by atoms with E-state index in [1.54, 1.807) is 12.4 Å². The molecule has 1 aromatic carbocycles. The van der Waals surface area contributed by atoms with Crippen LogP contribution in [0.2, 0.25) is 0 Å². The highest BCUT2D eigenvalue weighted by Gasteiger charge is 2.09. The number of rotatable bonds is 8. The normalized spacial score (nSPS) is 10.6. The lowest BCUT2D eigenvalue weighted by Crippen LogP contribution is -2.25. The highest BCUT2D eigenvalue weighted by atomic mass is 16.5. The largest absolute Gasteiger partial charge is 0.356 e. The number of benzene rings is 1. The number of hydrogen-bond acceptors (Lipinski definition) is 5. The minimum absolute atomic E-state index is 0.0481. The van der Waals surface area contributed by atoms with Crippen molar-refractivity contribution >= 4 is 5.91 Å². The minimum atomic E-state index is 0.0481. The van der Waals surface area contributed by atoms with Crippen molar-refractivity contribution < 1.29 is 9.32 Å². The van der Waals surface area contributed by atoms with Gasteiger partial charge in [-0.1, -0.05) is 35.5 Å². The summed E-state index contributed by atoms with van der Waals surface area (Å²) < 4.78 is 5.21. The molecule has 0 saturated heterocycles. The van der Waals surface area contributed by atoms with E-state index < -0.39 is 0 Å². The summed E-state index contributed by atoms with van der Waals surface area (Å²) in [7, 11) is 0. The van der Waals surface area contributed by atoms with Gasteiger partial charge in [-0.15, -0.1) is 0 Å². The van der Waals surface area contributed by atoms with Crippen molar-refractivity contribution in [3.63, 3.8) is 0 Å². The number of hydrogen-bond donors (Lipinski definition) is 1. The van der Waals surface area contributed by atoms with Crippen LogP contribution in [0.15, 0.2) is 59.4 Å². The predicted octanol–water partition coefficient (Wildman–Crippen LogP) is 2.81. The summed E-state index contributed by atoms with van der Waals surface area (Å²) in [5, 5.41) is 6.82. The quantitative estimate of drug-likeness (QED) is 0.684. The summed E-state index contributed by atoms with van der Waals surface area (Å²) >= 11 is 0. The highest BCUT2D eigenvalue weighted by Crippen LogP contribution is 2.14. The van der Waals surface area contributed by atoms with Gasteiger partial charge < -0.3 is 9.84 Å². The van der Waals surface area contributed by atoms with Crippen molar-refractivity contribution in [2.45, 2.75) is 25.7 Å². The SMILES string of the molecule is O=C(CCCc1ccccc1)NCCc1noc(-c2cccnc2)n1. The lowest BCUT2D eigenvalue weighted by atomic mass is 10.1. The monoisotopic (exact) mass is 336 g/mol. The maximum absolute atomic E-state index is 11.9. The lowest BCUT2D eigenvalue weighted by molar-refractivity contribution is -0.121. The van der Waals surface area contributed by atoms with Gasteiger partial charge in [0.15, 0.2) is 5.82 Å². The maximum atomic E-state index is 11.9. The Hall–Kier alpha value is -3.02. The molecule has 0 unspecified atom stereocenters. The maximum Gasteiger partial charge on any atom is 0.259 e. The van der Waals surface area contributed by atoms with Gasteiger partial charge >= 0.3 is 0 Å². The van der Waals surface area contributed by atoms with Crippen LogP contribution in [0.3, 0.4) is 0 Å². The number of pyridine rings is 1. The standard InChI is InChI=1S/C19H20N4O2/c24-18(10-4-8-15-6-2-1-3-7-15)21-13-11-17-22-19(25-23-17)16-9-5-12-20-14-16/h1-3,5-7,9,12,14H,4,8,10-11,13H2,(H,21,24). The van der Waals surface area contributed by atoms with Gasteiger partial charge in [-0.3, -0.25) is 9.78 Å². The molecule has 6 nitrogen and oxygen atoms in total. The van der Waals surface area contributed by atoms with Crippen LogP contribution < -0.4 is 5.32 Å². The van der Waals surface area contributed by atoms with Gasteiger partial charge in [0.2, 0.25) is 5.91 Å². The van der Waals surface area contributed by atoms with Crippen LogP contribution in [0.1, 0.15) is 24.2 Å². The summed E-state index contributed by atoms with van der Waals surface area (Å²) in [6, 6.07) is 13.9. The number of nitrogens with one attached hydrogen (secondary N) is 1. The molecule has 0 radical (unpaired) electrons. The number of aromatic nitrogens is 3. The lowest BCUT2D eigenvalue weighted by Gasteiger charge is -2.04. The molecule has 0 aliphatic carbocycles. The summed E-state index contributed by atoms with van der Waals surface area (Å²) in [5.41, 5.74) is 2.04. The van der Waals surface area contributed by atoms with E-state index in [0.29, 0.717) is 31.1 Å². The molecule has 3 aromatic rings. The van der Waals surface area contributed by atoms with Crippen molar-refractivity contribution in [2.75, 3.05) is 6.54 Å². The molecule has 2 aromatic heterocycles. The van der Waals surface area contributed by atoms with Gasteiger partial charge in [-0.05, 0) is 30.5 Å². The van der Waals surface area contributed by atoms with Crippen LogP contribution in [-0.2, 0) is 17.6 Å². The number of nitrogens with zero attached hydrogens (tertiary/aromatic N) is 3.